The largest absolute Gasteiger partial charge is 0.381 e. The van der Waals surface area contributed by atoms with Crippen LogP contribution in [0.2, 0.25) is 0 Å². The summed E-state index contributed by atoms with van der Waals surface area (Å²) in [5, 5.41) is 3.56. The lowest BCUT2D eigenvalue weighted by Crippen LogP contribution is -2.25. The first kappa shape index (κ1) is 9.47. The first-order valence-corrected chi connectivity index (χ1v) is 5.47. The third kappa shape index (κ3) is 2.44. The maximum absolute atomic E-state index is 5.33. The third-order valence-electron chi connectivity index (χ3n) is 3.57. The fraction of sp³-hybridized carbons (Fsp3) is 1.00. The van der Waals surface area contributed by atoms with Gasteiger partial charge in [-0.2, -0.15) is 0 Å². The van der Waals surface area contributed by atoms with E-state index in [2.05, 4.69) is 19.2 Å². The lowest BCUT2D eigenvalue weighted by atomic mass is 10.1. The Kier molecular flexibility index (Phi) is 2.61. The molecule has 1 saturated carbocycles. The predicted octanol–water partition coefficient (Wildman–Crippen LogP) is 1.66. The fourth-order valence-corrected chi connectivity index (χ4v) is 2.13. The van der Waals surface area contributed by atoms with Crippen LogP contribution in [0, 0.1) is 17.3 Å². The monoisotopic (exact) mass is 183 g/mol. The SMILES string of the molecule is CC1(C)CC1CNCC1CCOC1. The highest BCUT2D eigenvalue weighted by molar-refractivity contribution is 4.96. The molecule has 2 heteroatoms. The van der Waals surface area contributed by atoms with Gasteiger partial charge in [-0.05, 0) is 36.6 Å². The minimum atomic E-state index is 0.624. The van der Waals surface area contributed by atoms with Gasteiger partial charge in [0.1, 0.15) is 0 Å². The van der Waals surface area contributed by atoms with Gasteiger partial charge in [-0.25, -0.2) is 0 Å². The molecule has 1 heterocycles. The number of ether oxygens (including phenoxy) is 1. The highest BCUT2D eigenvalue weighted by Crippen LogP contribution is 2.50. The van der Waals surface area contributed by atoms with E-state index in [4.69, 9.17) is 4.74 Å². The molecule has 2 unspecified atom stereocenters. The quantitative estimate of drug-likeness (QED) is 0.715. The zero-order chi connectivity index (χ0) is 9.31. The molecule has 2 fully saturated rings. The van der Waals surface area contributed by atoms with Crippen molar-refractivity contribution in [1.29, 1.82) is 0 Å². The van der Waals surface area contributed by atoms with E-state index in [1.807, 2.05) is 0 Å². The summed E-state index contributed by atoms with van der Waals surface area (Å²) in [4.78, 5) is 0. The molecule has 2 aliphatic rings. The summed E-state index contributed by atoms with van der Waals surface area (Å²) in [6, 6.07) is 0. The number of hydrogen-bond donors (Lipinski definition) is 1. The van der Waals surface area contributed by atoms with Crippen LogP contribution < -0.4 is 5.32 Å². The van der Waals surface area contributed by atoms with Gasteiger partial charge in [0.15, 0.2) is 0 Å². The van der Waals surface area contributed by atoms with Crippen molar-refractivity contribution >= 4 is 0 Å². The van der Waals surface area contributed by atoms with Crippen molar-refractivity contribution in [2.75, 3.05) is 26.3 Å². The summed E-state index contributed by atoms with van der Waals surface area (Å²) in [5.41, 5.74) is 0.624. The smallest absolute Gasteiger partial charge is 0.0507 e. The van der Waals surface area contributed by atoms with Crippen molar-refractivity contribution < 1.29 is 4.74 Å². The summed E-state index contributed by atoms with van der Waals surface area (Å²) < 4.78 is 5.33. The number of hydrogen-bond acceptors (Lipinski definition) is 2. The van der Waals surface area contributed by atoms with E-state index in [0.717, 1.165) is 31.6 Å². The summed E-state index contributed by atoms with van der Waals surface area (Å²) in [7, 11) is 0. The molecule has 76 valence electrons. The molecule has 0 aromatic heterocycles. The molecule has 2 rings (SSSR count). The van der Waals surface area contributed by atoms with Crippen LogP contribution in [-0.4, -0.2) is 26.3 Å². The van der Waals surface area contributed by atoms with E-state index in [1.54, 1.807) is 0 Å². The second-order valence-electron chi connectivity index (χ2n) is 5.28. The molecule has 0 spiro atoms. The highest BCUT2D eigenvalue weighted by atomic mass is 16.5. The van der Waals surface area contributed by atoms with Crippen LogP contribution in [0.5, 0.6) is 0 Å². The summed E-state index contributed by atoms with van der Waals surface area (Å²) in [5.74, 6) is 1.71. The molecular weight excluding hydrogens is 162 g/mol. The average Bonchev–Trinajstić information content (AvgIpc) is 2.53. The minimum absolute atomic E-state index is 0.624. The van der Waals surface area contributed by atoms with Gasteiger partial charge in [-0.15, -0.1) is 0 Å². The van der Waals surface area contributed by atoms with Crippen molar-refractivity contribution in [2.24, 2.45) is 17.3 Å². The summed E-state index contributed by atoms with van der Waals surface area (Å²) in [6.07, 6.45) is 2.65. The van der Waals surface area contributed by atoms with Gasteiger partial charge < -0.3 is 10.1 Å². The first-order valence-electron chi connectivity index (χ1n) is 5.47. The predicted molar refractivity (Wildman–Crippen MR) is 53.7 cm³/mol. The van der Waals surface area contributed by atoms with Gasteiger partial charge in [0.25, 0.3) is 0 Å². The first-order chi connectivity index (χ1) is 6.18. The molecule has 2 nitrogen and oxygen atoms in total. The van der Waals surface area contributed by atoms with Crippen molar-refractivity contribution in [2.45, 2.75) is 26.7 Å². The Morgan fingerprint density at radius 3 is 2.69 bits per heavy atom. The van der Waals surface area contributed by atoms with Crippen LogP contribution in [0.3, 0.4) is 0 Å². The second-order valence-corrected chi connectivity index (χ2v) is 5.28. The van der Waals surface area contributed by atoms with Crippen LogP contribution >= 0.6 is 0 Å². The lowest BCUT2D eigenvalue weighted by Gasteiger charge is -2.09. The Hall–Kier alpha value is -0.0800. The van der Waals surface area contributed by atoms with Gasteiger partial charge in [-0.3, -0.25) is 0 Å². The van der Waals surface area contributed by atoms with Crippen LogP contribution in [0.15, 0.2) is 0 Å². The van der Waals surface area contributed by atoms with Gasteiger partial charge in [-0.1, -0.05) is 13.8 Å². The molecule has 0 bridgehead atoms. The topological polar surface area (TPSA) is 21.3 Å². The molecule has 1 saturated heterocycles. The molecule has 0 aromatic rings. The molecule has 1 N–H and O–H groups in total. The minimum Gasteiger partial charge on any atom is -0.381 e. The van der Waals surface area contributed by atoms with Gasteiger partial charge >= 0.3 is 0 Å². The molecule has 0 amide bonds. The van der Waals surface area contributed by atoms with E-state index in [1.165, 1.54) is 19.4 Å². The highest BCUT2D eigenvalue weighted by Gasteiger charge is 2.44. The van der Waals surface area contributed by atoms with Crippen molar-refractivity contribution in [3.8, 4) is 0 Å². The molecule has 0 aromatic carbocycles. The van der Waals surface area contributed by atoms with Crippen LogP contribution in [0.1, 0.15) is 26.7 Å². The van der Waals surface area contributed by atoms with Crippen LogP contribution in [-0.2, 0) is 4.74 Å². The fourth-order valence-electron chi connectivity index (χ4n) is 2.13. The Morgan fingerprint density at radius 2 is 2.15 bits per heavy atom. The second kappa shape index (κ2) is 3.58. The van der Waals surface area contributed by atoms with Crippen molar-refractivity contribution in [3.05, 3.63) is 0 Å². The van der Waals surface area contributed by atoms with E-state index < -0.39 is 0 Å². The van der Waals surface area contributed by atoms with Crippen LogP contribution in [0.25, 0.3) is 0 Å². The molecule has 13 heavy (non-hydrogen) atoms. The Morgan fingerprint density at radius 1 is 1.38 bits per heavy atom. The lowest BCUT2D eigenvalue weighted by molar-refractivity contribution is 0.185. The Bertz CT molecular complexity index is 168. The van der Waals surface area contributed by atoms with Gasteiger partial charge in [0, 0.05) is 13.2 Å². The van der Waals surface area contributed by atoms with Crippen molar-refractivity contribution in [3.63, 3.8) is 0 Å². The maximum atomic E-state index is 5.33. The zero-order valence-electron chi connectivity index (χ0n) is 8.81. The van der Waals surface area contributed by atoms with Crippen molar-refractivity contribution in [1.82, 2.24) is 5.32 Å². The van der Waals surface area contributed by atoms with Gasteiger partial charge in [0.05, 0.1) is 6.61 Å². The van der Waals surface area contributed by atoms with E-state index in [-0.39, 0.29) is 0 Å². The maximum Gasteiger partial charge on any atom is 0.0507 e. The Balaban J connectivity index is 1.54. The zero-order valence-corrected chi connectivity index (χ0v) is 8.81. The summed E-state index contributed by atoms with van der Waals surface area (Å²) in [6.45, 7) is 9.04. The molecule has 2 atom stereocenters. The third-order valence-corrected chi connectivity index (χ3v) is 3.57. The number of nitrogens with one attached hydrogen (secondary N) is 1. The molecule has 1 aliphatic carbocycles. The normalized spacial score (nSPS) is 36.5. The standard InChI is InChI=1S/C11H21NO/c1-11(2)5-10(11)7-12-6-9-3-4-13-8-9/h9-10,12H,3-8H2,1-2H3. The molecular formula is C11H21NO. The molecule has 0 radical (unpaired) electrons. The Labute approximate surface area is 81.0 Å². The van der Waals surface area contributed by atoms with E-state index in [0.29, 0.717) is 5.41 Å². The number of rotatable bonds is 4. The average molecular weight is 183 g/mol. The van der Waals surface area contributed by atoms with E-state index >= 15 is 0 Å². The molecule has 1 aliphatic heterocycles. The summed E-state index contributed by atoms with van der Waals surface area (Å²) >= 11 is 0. The van der Waals surface area contributed by atoms with Crippen LogP contribution in [0.4, 0.5) is 0 Å². The van der Waals surface area contributed by atoms with E-state index in [9.17, 15) is 0 Å². The van der Waals surface area contributed by atoms with Gasteiger partial charge in [0.2, 0.25) is 0 Å².